The number of carboxylic acid groups (broad SMARTS) is 1. The lowest BCUT2D eigenvalue weighted by atomic mass is 9.99. The van der Waals surface area contributed by atoms with E-state index in [-0.39, 0.29) is 12.5 Å². The molecule has 0 spiro atoms. The molecule has 0 heterocycles. The van der Waals surface area contributed by atoms with Gasteiger partial charge in [0.05, 0.1) is 6.10 Å². The van der Waals surface area contributed by atoms with E-state index in [4.69, 9.17) is 0 Å². The first-order valence-corrected chi connectivity index (χ1v) is 7.76. The largest absolute Gasteiger partial charge is 0.480 e. The minimum Gasteiger partial charge on any atom is -0.480 e. The first kappa shape index (κ1) is 17.2. The predicted molar refractivity (Wildman–Crippen MR) is 90.2 cm³/mol. The molecule has 23 heavy (non-hydrogen) atoms. The van der Waals surface area contributed by atoms with Crippen LogP contribution in [-0.2, 0) is 4.79 Å². The lowest BCUT2D eigenvalue weighted by Gasteiger charge is -2.23. The molecule has 0 bridgehead atoms. The summed E-state index contributed by atoms with van der Waals surface area (Å²) in [6.07, 6.45) is -0.692. The standard InChI is InChI=1S/C19H23NO3/c1-13-8-10-16(11-9-13)18(21)12-17(19(22)23)20-14(2)15-6-4-3-5-7-15/h3-11,14,17-18,20-21H,12H2,1-2H3,(H,22,23)/t14-,17-,18-/m1/s1. The molecule has 0 aliphatic heterocycles. The molecule has 4 heteroatoms. The third-order valence-corrected chi connectivity index (χ3v) is 3.97. The van der Waals surface area contributed by atoms with E-state index in [1.165, 1.54) is 0 Å². The summed E-state index contributed by atoms with van der Waals surface area (Å²) in [7, 11) is 0. The van der Waals surface area contributed by atoms with Crippen LogP contribution in [0.4, 0.5) is 0 Å². The van der Waals surface area contributed by atoms with Gasteiger partial charge in [0.15, 0.2) is 0 Å². The number of aryl methyl sites for hydroxylation is 1. The SMILES string of the molecule is Cc1ccc([C@H](O)C[C@@H](N[C@H](C)c2ccccc2)C(=O)O)cc1. The fraction of sp³-hybridized carbons (Fsp3) is 0.316. The number of carboxylic acids is 1. The van der Waals surface area contributed by atoms with Crippen LogP contribution < -0.4 is 5.32 Å². The van der Waals surface area contributed by atoms with Crippen molar-refractivity contribution in [2.45, 2.75) is 38.5 Å². The average Bonchev–Trinajstić information content (AvgIpc) is 2.55. The van der Waals surface area contributed by atoms with Crippen LogP contribution in [0.5, 0.6) is 0 Å². The van der Waals surface area contributed by atoms with Gasteiger partial charge in [-0.1, -0.05) is 60.2 Å². The molecule has 3 atom stereocenters. The molecule has 0 unspecified atom stereocenters. The highest BCUT2D eigenvalue weighted by Crippen LogP contribution is 2.21. The maximum absolute atomic E-state index is 11.5. The number of aliphatic carboxylic acids is 1. The zero-order valence-corrected chi connectivity index (χ0v) is 13.4. The highest BCUT2D eigenvalue weighted by molar-refractivity contribution is 5.73. The molecule has 0 saturated heterocycles. The maximum Gasteiger partial charge on any atom is 0.320 e. The fourth-order valence-corrected chi connectivity index (χ4v) is 2.53. The highest BCUT2D eigenvalue weighted by Gasteiger charge is 2.24. The molecule has 4 nitrogen and oxygen atoms in total. The first-order valence-electron chi connectivity index (χ1n) is 7.76. The van der Waals surface area contributed by atoms with E-state index in [0.29, 0.717) is 0 Å². The Balaban J connectivity index is 2.04. The molecule has 0 fully saturated rings. The van der Waals surface area contributed by atoms with Gasteiger partial charge in [-0.25, -0.2) is 0 Å². The maximum atomic E-state index is 11.5. The summed E-state index contributed by atoms with van der Waals surface area (Å²) < 4.78 is 0. The zero-order chi connectivity index (χ0) is 16.8. The molecule has 2 aromatic rings. The monoisotopic (exact) mass is 313 g/mol. The normalized spacial score (nSPS) is 14.9. The van der Waals surface area contributed by atoms with Crippen LogP contribution in [0.25, 0.3) is 0 Å². The van der Waals surface area contributed by atoms with Gasteiger partial charge in [0.2, 0.25) is 0 Å². The lowest BCUT2D eigenvalue weighted by Crippen LogP contribution is -2.39. The zero-order valence-electron chi connectivity index (χ0n) is 13.4. The third kappa shape index (κ3) is 4.91. The Labute approximate surface area is 136 Å². The Kier molecular flexibility index (Phi) is 5.90. The van der Waals surface area contributed by atoms with E-state index in [0.717, 1.165) is 16.7 Å². The lowest BCUT2D eigenvalue weighted by molar-refractivity contribution is -0.140. The summed E-state index contributed by atoms with van der Waals surface area (Å²) in [6, 6.07) is 16.2. The summed E-state index contributed by atoms with van der Waals surface area (Å²) in [5.74, 6) is -0.959. The van der Waals surface area contributed by atoms with Crippen LogP contribution in [0.3, 0.4) is 0 Å². The molecule has 2 aromatic carbocycles. The van der Waals surface area contributed by atoms with Gasteiger partial charge in [0.25, 0.3) is 0 Å². The van der Waals surface area contributed by atoms with Crippen molar-refractivity contribution >= 4 is 5.97 Å². The number of aliphatic hydroxyl groups is 1. The van der Waals surface area contributed by atoms with Crippen molar-refractivity contribution in [1.29, 1.82) is 0 Å². The molecular weight excluding hydrogens is 290 g/mol. The van der Waals surface area contributed by atoms with Crippen molar-refractivity contribution in [2.75, 3.05) is 0 Å². The summed E-state index contributed by atoms with van der Waals surface area (Å²) in [5.41, 5.74) is 2.85. The number of carbonyl (C=O) groups is 1. The number of hydrogen-bond acceptors (Lipinski definition) is 3. The van der Waals surface area contributed by atoms with Crippen LogP contribution in [0.2, 0.25) is 0 Å². The second-order valence-corrected chi connectivity index (χ2v) is 5.85. The Morgan fingerprint density at radius 2 is 1.65 bits per heavy atom. The smallest absolute Gasteiger partial charge is 0.320 e. The van der Waals surface area contributed by atoms with Gasteiger partial charge in [0, 0.05) is 12.5 Å². The molecular formula is C19H23NO3. The minimum atomic E-state index is -0.959. The van der Waals surface area contributed by atoms with E-state index >= 15 is 0 Å². The Hall–Kier alpha value is -2.17. The van der Waals surface area contributed by atoms with Gasteiger partial charge in [-0.3, -0.25) is 10.1 Å². The van der Waals surface area contributed by atoms with Crippen molar-refractivity contribution in [3.8, 4) is 0 Å². The number of rotatable bonds is 7. The number of aliphatic hydroxyl groups excluding tert-OH is 1. The average molecular weight is 313 g/mol. The summed E-state index contributed by atoms with van der Waals surface area (Å²) in [5, 5.41) is 22.8. The van der Waals surface area contributed by atoms with Crippen molar-refractivity contribution in [1.82, 2.24) is 5.32 Å². The second kappa shape index (κ2) is 7.90. The molecule has 0 aliphatic carbocycles. The van der Waals surface area contributed by atoms with E-state index < -0.39 is 18.1 Å². The molecule has 0 aromatic heterocycles. The molecule has 3 N–H and O–H groups in total. The minimum absolute atomic E-state index is 0.109. The molecule has 122 valence electrons. The van der Waals surface area contributed by atoms with Crippen LogP contribution in [0.1, 0.15) is 42.2 Å². The fourth-order valence-electron chi connectivity index (χ4n) is 2.53. The summed E-state index contributed by atoms with van der Waals surface area (Å²) >= 11 is 0. The van der Waals surface area contributed by atoms with Crippen molar-refractivity contribution in [2.24, 2.45) is 0 Å². The molecule has 0 aliphatic rings. The molecule has 0 amide bonds. The Morgan fingerprint density at radius 1 is 1.04 bits per heavy atom. The van der Waals surface area contributed by atoms with Crippen molar-refractivity contribution < 1.29 is 15.0 Å². The topological polar surface area (TPSA) is 69.6 Å². The van der Waals surface area contributed by atoms with Crippen LogP contribution in [-0.4, -0.2) is 22.2 Å². The van der Waals surface area contributed by atoms with Gasteiger partial charge in [0.1, 0.15) is 6.04 Å². The summed E-state index contributed by atoms with van der Waals surface area (Å²) in [4.78, 5) is 11.5. The second-order valence-electron chi connectivity index (χ2n) is 5.85. The molecule has 0 radical (unpaired) electrons. The van der Waals surface area contributed by atoms with Crippen molar-refractivity contribution in [3.05, 3.63) is 71.3 Å². The molecule has 0 saturated carbocycles. The first-order chi connectivity index (χ1) is 11.0. The van der Waals surface area contributed by atoms with Crippen LogP contribution in [0.15, 0.2) is 54.6 Å². The van der Waals surface area contributed by atoms with E-state index in [9.17, 15) is 15.0 Å². The van der Waals surface area contributed by atoms with Crippen LogP contribution >= 0.6 is 0 Å². The number of hydrogen-bond donors (Lipinski definition) is 3. The third-order valence-electron chi connectivity index (χ3n) is 3.97. The highest BCUT2D eigenvalue weighted by atomic mass is 16.4. The predicted octanol–water partition coefficient (Wildman–Crippen LogP) is 3.22. The van der Waals surface area contributed by atoms with E-state index in [1.807, 2.05) is 68.4 Å². The van der Waals surface area contributed by atoms with Crippen LogP contribution in [0, 0.1) is 6.92 Å². The Bertz CT molecular complexity index is 625. The quantitative estimate of drug-likeness (QED) is 0.734. The molecule has 2 rings (SSSR count). The van der Waals surface area contributed by atoms with Gasteiger partial charge < -0.3 is 10.2 Å². The summed E-state index contributed by atoms with van der Waals surface area (Å²) in [6.45, 7) is 3.89. The van der Waals surface area contributed by atoms with Gasteiger partial charge >= 0.3 is 5.97 Å². The van der Waals surface area contributed by atoms with Gasteiger partial charge in [-0.2, -0.15) is 0 Å². The van der Waals surface area contributed by atoms with E-state index in [1.54, 1.807) is 0 Å². The van der Waals surface area contributed by atoms with Gasteiger partial charge in [-0.15, -0.1) is 0 Å². The van der Waals surface area contributed by atoms with Crippen molar-refractivity contribution in [3.63, 3.8) is 0 Å². The van der Waals surface area contributed by atoms with E-state index in [2.05, 4.69) is 5.32 Å². The number of nitrogens with one attached hydrogen (secondary N) is 1. The number of benzene rings is 2. The van der Waals surface area contributed by atoms with Gasteiger partial charge in [-0.05, 0) is 25.0 Å². The Morgan fingerprint density at radius 3 is 2.22 bits per heavy atom.